The van der Waals surface area contributed by atoms with Gasteiger partial charge in [0.05, 0.1) is 57.7 Å². The number of pyridine rings is 2. The van der Waals surface area contributed by atoms with E-state index in [1.165, 1.54) is 39.2 Å². The number of aromatic nitrogens is 10. The van der Waals surface area contributed by atoms with E-state index < -0.39 is 35.1 Å². The third-order valence-electron chi connectivity index (χ3n) is 10.2. The summed E-state index contributed by atoms with van der Waals surface area (Å²) < 4.78 is 31.1. The van der Waals surface area contributed by atoms with Crippen molar-refractivity contribution in [2.45, 2.75) is 47.5 Å². The van der Waals surface area contributed by atoms with Crippen molar-refractivity contribution in [1.82, 2.24) is 69.7 Å². The van der Waals surface area contributed by atoms with Crippen LogP contribution in [0.4, 0.5) is 8.78 Å². The summed E-state index contributed by atoms with van der Waals surface area (Å²) in [5, 5.41) is 23.4. The second-order valence-electron chi connectivity index (χ2n) is 15.8. The molecule has 0 aromatic carbocycles. The number of halogens is 2. The van der Waals surface area contributed by atoms with Gasteiger partial charge in [-0.25, -0.2) is 37.9 Å². The summed E-state index contributed by atoms with van der Waals surface area (Å²) in [5.74, 6) is -3.87. The molecule has 6 aromatic heterocycles. The van der Waals surface area contributed by atoms with Crippen LogP contribution < -0.4 is 5.32 Å². The van der Waals surface area contributed by atoms with E-state index in [4.69, 9.17) is 5.11 Å². The number of carboxylic acid groups (broad SMARTS) is 1. The lowest BCUT2D eigenvalue weighted by molar-refractivity contribution is -0.137. The second kappa shape index (κ2) is 20.3. The lowest BCUT2D eigenvalue weighted by Gasteiger charge is -2.34. The molecule has 23 heteroatoms. The van der Waals surface area contributed by atoms with Gasteiger partial charge < -0.3 is 35.1 Å². The minimum Gasteiger partial charge on any atom is -0.475 e. The van der Waals surface area contributed by atoms with Crippen molar-refractivity contribution in [3.05, 3.63) is 72.1 Å². The average molecular weight is 887 g/mol. The molecule has 0 saturated carbocycles. The molecule has 0 atom stereocenters. The van der Waals surface area contributed by atoms with Crippen molar-refractivity contribution in [3.8, 4) is 11.6 Å². The molecule has 0 radical (unpaired) electrons. The average Bonchev–Trinajstić information content (AvgIpc) is 4.12. The Kier molecular flexibility index (Phi) is 14.6. The van der Waals surface area contributed by atoms with Gasteiger partial charge >= 0.3 is 5.97 Å². The third-order valence-corrected chi connectivity index (χ3v) is 10.2. The number of carbonyl (C=O) groups excluding carboxylic acids is 5. The summed E-state index contributed by atoms with van der Waals surface area (Å²) in [6.07, 6.45) is 9.83. The Balaban J connectivity index is 0.000000177. The summed E-state index contributed by atoms with van der Waals surface area (Å²) in [7, 11) is 0. The molecule has 2 fully saturated rings. The van der Waals surface area contributed by atoms with Crippen LogP contribution in [0.25, 0.3) is 33.4 Å². The van der Waals surface area contributed by atoms with Gasteiger partial charge in [-0.05, 0) is 18.8 Å². The van der Waals surface area contributed by atoms with Crippen LogP contribution in [0, 0.1) is 30.4 Å². The zero-order valence-corrected chi connectivity index (χ0v) is 35.8. The van der Waals surface area contributed by atoms with E-state index in [-0.39, 0.29) is 69.5 Å². The molecule has 0 aliphatic carbocycles. The van der Waals surface area contributed by atoms with Gasteiger partial charge in [0, 0.05) is 77.6 Å². The highest BCUT2D eigenvalue weighted by molar-refractivity contribution is 6.45. The number of H-pyrrole nitrogens is 2. The highest BCUT2D eigenvalue weighted by atomic mass is 19.1. The fourth-order valence-electron chi connectivity index (χ4n) is 7.07. The topological polar surface area (TPSA) is 263 Å². The summed E-state index contributed by atoms with van der Waals surface area (Å²) in [5.41, 5.74) is 0.0744. The number of Topliss-reactive ketones (excluding diaryl/α,β-unsaturated/α-hetero) is 2. The SMILES string of the molecule is CC(C)CC(=O)N1CCN(C(=O)C(=O)c2c[nH]c3c(-n4ccnn4)ncc(F)c23)CC1.CC(C)CC(=O)N1CCNCC1.Cc1ncn(-c2ncc(F)c3c(C(=O)C(=O)O)c[nH]c23)n1. The lowest BCUT2D eigenvalue weighted by atomic mass is 10.1. The van der Waals surface area contributed by atoms with Crippen LogP contribution in [0.3, 0.4) is 0 Å². The van der Waals surface area contributed by atoms with Crippen LogP contribution in [0.1, 0.15) is 67.1 Å². The number of aromatic amines is 2. The number of rotatable bonds is 10. The molecule has 3 amide bonds. The van der Waals surface area contributed by atoms with Crippen molar-refractivity contribution < 1.29 is 42.7 Å². The Hall–Kier alpha value is -7.30. The number of carboxylic acids is 1. The largest absolute Gasteiger partial charge is 0.475 e. The Labute approximate surface area is 364 Å². The number of hydrogen-bond donors (Lipinski definition) is 4. The Morgan fingerprint density at radius 2 is 1.20 bits per heavy atom. The normalized spacial score (nSPS) is 14.0. The molecule has 4 N–H and O–H groups in total. The van der Waals surface area contributed by atoms with Crippen molar-refractivity contribution in [2.24, 2.45) is 11.8 Å². The lowest BCUT2D eigenvalue weighted by Crippen LogP contribution is -2.52. The number of carbonyl (C=O) groups is 6. The monoisotopic (exact) mass is 886 g/mol. The van der Waals surface area contributed by atoms with E-state index in [0.29, 0.717) is 43.6 Å². The maximum absolute atomic E-state index is 14.6. The Bertz CT molecular complexity index is 2660. The van der Waals surface area contributed by atoms with Gasteiger partial charge in [0.1, 0.15) is 12.2 Å². The van der Waals surface area contributed by atoms with E-state index in [1.54, 1.807) is 11.8 Å². The van der Waals surface area contributed by atoms with Gasteiger partial charge in [0.25, 0.3) is 17.5 Å². The highest BCUT2D eigenvalue weighted by Gasteiger charge is 2.31. The molecule has 0 unspecified atom stereocenters. The van der Waals surface area contributed by atoms with E-state index in [0.717, 1.165) is 44.8 Å². The Morgan fingerprint density at radius 1 is 0.703 bits per heavy atom. The molecule has 8 heterocycles. The minimum atomic E-state index is -1.66. The first-order valence-corrected chi connectivity index (χ1v) is 20.5. The smallest absolute Gasteiger partial charge is 0.377 e. The molecular formula is C41H48F2N14O7. The zero-order chi connectivity index (χ0) is 46.2. The van der Waals surface area contributed by atoms with Gasteiger partial charge in [-0.1, -0.05) is 32.9 Å². The number of nitrogens with one attached hydrogen (secondary N) is 3. The van der Waals surface area contributed by atoms with Gasteiger partial charge in [-0.3, -0.25) is 24.0 Å². The van der Waals surface area contributed by atoms with E-state index >= 15 is 0 Å². The number of ketones is 2. The number of aryl methyl sites for hydroxylation is 1. The van der Waals surface area contributed by atoms with Crippen LogP contribution in [-0.4, -0.2) is 157 Å². The minimum absolute atomic E-state index is 0.0235. The van der Waals surface area contributed by atoms with Crippen LogP contribution >= 0.6 is 0 Å². The molecule has 8 rings (SSSR count). The zero-order valence-electron chi connectivity index (χ0n) is 35.8. The Morgan fingerprint density at radius 3 is 1.67 bits per heavy atom. The summed E-state index contributed by atoms with van der Waals surface area (Å²) in [6.45, 7) is 14.7. The predicted molar refractivity (Wildman–Crippen MR) is 224 cm³/mol. The standard InChI is InChI=1S/C20H22FN7O3.C12H8FN5O3.C9H18N2O/c1-12(2)9-15(29)26-5-7-27(8-6-26)20(31)18(30)13-10-22-17-16(13)14(21)11-23-19(17)28-4-3-24-25-28;1-5-16-4-18(17-5)11-9-8(7(13)3-15-11)6(2-14-9)10(19)12(20)21;1-8(2)7-9(12)11-5-3-10-4-6-11/h3-4,10-12,22H,5-9H2,1-2H3;2-4,14H,1H3,(H,20,21);8,10H,3-7H2,1-2H3. The molecule has 2 aliphatic heterocycles. The van der Waals surface area contributed by atoms with Gasteiger partial charge in [0.2, 0.25) is 11.8 Å². The first-order valence-electron chi connectivity index (χ1n) is 20.5. The van der Waals surface area contributed by atoms with Crippen molar-refractivity contribution in [2.75, 3.05) is 52.4 Å². The van der Waals surface area contributed by atoms with Crippen molar-refractivity contribution >= 4 is 57.1 Å². The number of amides is 3. The fourth-order valence-corrected chi connectivity index (χ4v) is 7.07. The quantitative estimate of drug-likeness (QED) is 0.114. The van der Waals surface area contributed by atoms with Crippen LogP contribution in [-0.2, 0) is 19.2 Å². The molecule has 21 nitrogen and oxygen atoms in total. The molecule has 0 bridgehead atoms. The van der Waals surface area contributed by atoms with Gasteiger partial charge in [-0.15, -0.1) is 5.10 Å². The van der Waals surface area contributed by atoms with E-state index in [1.807, 2.05) is 18.7 Å². The molecule has 2 saturated heterocycles. The number of hydrogen-bond acceptors (Lipinski definition) is 13. The molecule has 64 heavy (non-hydrogen) atoms. The summed E-state index contributed by atoms with van der Waals surface area (Å²) in [6, 6.07) is 0. The first kappa shape index (κ1) is 46.2. The number of nitrogens with zero attached hydrogens (tertiary/aromatic N) is 11. The molecular weight excluding hydrogens is 839 g/mol. The third kappa shape index (κ3) is 10.5. The van der Waals surface area contributed by atoms with E-state index in [2.05, 4.69) is 59.5 Å². The number of fused-ring (bicyclic) bond motifs is 2. The maximum atomic E-state index is 14.6. The first-order chi connectivity index (χ1) is 30.5. The van der Waals surface area contributed by atoms with Crippen LogP contribution in [0.15, 0.2) is 43.5 Å². The van der Waals surface area contributed by atoms with Crippen molar-refractivity contribution in [1.29, 1.82) is 0 Å². The maximum Gasteiger partial charge on any atom is 0.377 e. The number of aliphatic carboxylic acids is 1. The van der Waals surface area contributed by atoms with Crippen LogP contribution in [0.5, 0.6) is 0 Å². The highest BCUT2D eigenvalue weighted by Crippen LogP contribution is 2.27. The van der Waals surface area contributed by atoms with E-state index in [9.17, 15) is 37.5 Å². The fraction of sp³-hybridized carbons (Fsp3) is 0.415. The summed E-state index contributed by atoms with van der Waals surface area (Å²) in [4.78, 5) is 94.2. The van der Waals surface area contributed by atoms with Gasteiger partial charge in [0.15, 0.2) is 23.3 Å². The summed E-state index contributed by atoms with van der Waals surface area (Å²) >= 11 is 0. The molecule has 338 valence electrons. The molecule has 2 aliphatic rings. The van der Waals surface area contributed by atoms with Crippen LogP contribution in [0.2, 0.25) is 0 Å². The second-order valence-corrected chi connectivity index (χ2v) is 15.8. The van der Waals surface area contributed by atoms with Gasteiger partial charge in [-0.2, -0.15) is 5.10 Å². The molecule has 0 spiro atoms. The predicted octanol–water partition coefficient (Wildman–Crippen LogP) is 2.51. The van der Waals surface area contributed by atoms with Crippen molar-refractivity contribution in [3.63, 3.8) is 0 Å². The molecule has 6 aromatic rings. The number of piperazine rings is 2.